The molecule has 6 heteroatoms. The van der Waals surface area contributed by atoms with Gasteiger partial charge in [-0.05, 0) is 33.6 Å². The maximum absolute atomic E-state index is 11.8. The highest BCUT2D eigenvalue weighted by Crippen LogP contribution is 2.36. The van der Waals surface area contributed by atoms with Crippen LogP contribution in [0.2, 0.25) is 0 Å². The van der Waals surface area contributed by atoms with Crippen molar-refractivity contribution in [2.75, 3.05) is 0 Å². The molecule has 94 valence electrons. The summed E-state index contributed by atoms with van der Waals surface area (Å²) < 4.78 is 44.2. The Labute approximate surface area is 91.9 Å². The van der Waals surface area contributed by atoms with Crippen molar-refractivity contribution < 1.29 is 27.4 Å². The zero-order chi connectivity index (χ0) is 12.6. The van der Waals surface area contributed by atoms with E-state index in [0.717, 1.165) is 0 Å². The Morgan fingerprint density at radius 3 is 2.06 bits per heavy atom. The predicted octanol–water partition coefficient (Wildman–Crippen LogP) is 2.64. The van der Waals surface area contributed by atoms with E-state index in [1.165, 1.54) is 0 Å². The van der Waals surface area contributed by atoms with Crippen molar-refractivity contribution >= 4 is 5.97 Å². The molecule has 0 amide bonds. The molecule has 3 nitrogen and oxygen atoms in total. The molecule has 0 radical (unpaired) electrons. The summed E-state index contributed by atoms with van der Waals surface area (Å²) in [7, 11) is 0. The van der Waals surface area contributed by atoms with Gasteiger partial charge in [-0.2, -0.15) is 0 Å². The van der Waals surface area contributed by atoms with Crippen molar-refractivity contribution in [2.24, 2.45) is 5.92 Å². The molecule has 1 aliphatic carbocycles. The van der Waals surface area contributed by atoms with Gasteiger partial charge < -0.3 is 4.74 Å². The van der Waals surface area contributed by atoms with Crippen molar-refractivity contribution in [2.45, 2.75) is 51.7 Å². The Bertz CT molecular complexity index is 261. The number of halogens is 3. The number of rotatable bonds is 2. The molecule has 1 saturated carbocycles. The lowest BCUT2D eigenvalue weighted by atomic mass is 9.82. The average molecular weight is 240 g/mol. The van der Waals surface area contributed by atoms with Gasteiger partial charge in [-0.15, -0.1) is 13.2 Å². The second kappa shape index (κ2) is 4.24. The normalized spacial score (nSPS) is 26.1. The lowest BCUT2D eigenvalue weighted by molar-refractivity contribution is -0.353. The summed E-state index contributed by atoms with van der Waals surface area (Å²) in [6.07, 6.45) is -5.37. The van der Waals surface area contributed by atoms with Crippen molar-refractivity contribution in [3.63, 3.8) is 0 Å². The number of carbonyl (C=O) groups excluding carboxylic acids is 1. The predicted molar refractivity (Wildman–Crippen MR) is 49.5 cm³/mol. The lowest BCUT2D eigenvalue weighted by Gasteiger charge is -2.35. The minimum Gasteiger partial charge on any atom is -0.460 e. The van der Waals surface area contributed by atoms with Gasteiger partial charge >= 0.3 is 12.3 Å². The molecule has 0 atom stereocenters. The minimum atomic E-state index is -4.62. The zero-order valence-electron chi connectivity index (χ0n) is 9.43. The molecular formula is C10H15F3O3. The molecule has 0 aliphatic heterocycles. The molecule has 0 N–H and O–H groups in total. The molecule has 0 unspecified atom stereocenters. The highest BCUT2D eigenvalue weighted by molar-refractivity contribution is 5.74. The van der Waals surface area contributed by atoms with Crippen LogP contribution >= 0.6 is 0 Å². The van der Waals surface area contributed by atoms with Crippen LogP contribution in [0.25, 0.3) is 0 Å². The first kappa shape index (κ1) is 13.3. The molecule has 0 aromatic rings. The topological polar surface area (TPSA) is 35.5 Å². The molecule has 0 heterocycles. The molecule has 16 heavy (non-hydrogen) atoms. The Balaban J connectivity index is 2.28. The van der Waals surface area contributed by atoms with Gasteiger partial charge in [-0.1, -0.05) is 0 Å². The fourth-order valence-electron chi connectivity index (χ4n) is 1.43. The second-order valence-corrected chi connectivity index (χ2v) is 4.89. The van der Waals surface area contributed by atoms with E-state index >= 15 is 0 Å². The summed E-state index contributed by atoms with van der Waals surface area (Å²) in [6, 6.07) is 0. The van der Waals surface area contributed by atoms with Gasteiger partial charge in [-0.3, -0.25) is 9.53 Å². The Morgan fingerprint density at radius 2 is 1.69 bits per heavy atom. The minimum absolute atomic E-state index is 0.0778. The summed E-state index contributed by atoms with van der Waals surface area (Å²) in [6.45, 7) is 5.15. The highest BCUT2D eigenvalue weighted by atomic mass is 19.4. The third kappa shape index (κ3) is 4.38. The summed E-state index contributed by atoms with van der Waals surface area (Å²) in [4.78, 5) is 11.4. The monoisotopic (exact) mass is 240 g/mol. The molecular weight excluding hydrogens is 225 g/mol. The van der Waals surface area contributed by atoms with Crippen molar-refractivity contribution in [3.05, 3.63) is 0 Å². The molecule has 0 aromatic heterocycles. The van der Waals surface area contributed by atoms with Crippen LogP contribution in [0.5, 0.6) is 0 Å². The maximum atomic E-state index is 11.8. The number of esters is 1. The van der Waals surface area contributed by atoms with E-state index in [4.69, 9.17) is 4.74 Å². The van der Waals surface area contributed by atoms with Crippen LogP contribution in [-0.2, 0) is 14.3 Å². The molecule has 0 bridgehead atoms. The quantitative estimate of drug-likeness (QED) is 0.696. The average Bonchev–Trinajstić information content (AvgIpc) is 1.89. The van der Waals surface area contributed by atoms with E-state index < -0.39 is 30.0 Å². The second-order valence-electron chi connectivity index (χ2n) is 4.89. The van der Waals surface area contributed by atoms with E-state index in [-0.39, 0.29) is 12.8 Å². The smallest absolute Gasteiger partial charge is 0.460 e. The van der Waals surface area contributed by atoms with Crippen molar-refractivity contribution in [3.8, 4) is 0 Å². The van der Waals surface area contributed by atoms with Crippen LogP contribution in [-0.4, -0.2) is 24.0 Å². The first-order valence-corrected chi connectivity index (χ1v) is 5.04. The Kier molecular flexibility index (Phi) is 3.52. The van der Waals surface area contributed by atoms with E-state index in [1.807, 2.05) is 0 Å². The summed E-state index contributed by atoms with van der Waals surface area (Å²) >= 11 is 0. The Hall–Kier alpha value is -0.780. The SMILES string of the molecule is CC(C)(C)OC(=O)[C@H]1C[C@@H](OC(F)(F)F)C1. The first-order valence-electron chi connectivity index (χ1n) is 5.04. The van der Waals surface area contributed by atoms with Gasteiger partial charge in [0.15, 0.2) is 0 Å². The van der Waals surface area contributed by atoms with E-state index in [2.05, 4.69) is 4.74 Å². The summed E-state index contributed by atoms with van der Waals surface area (Å²) in [5.41, 5.74) is -0.604. The number of ether oxygens (including phenoxy) is 2. The van der Waals surface area contributed by atoms with E-state index in [9.17, 15) is 18.0 Å². The van der Waals surface area contributed by atoms with Crippen LogP contribution < -0.4 is 0 Å². The third-order valence-corrected chi connectivity index (χ3v) is 2.14. The molecule has 0 spiro atoms. The number of carbonyl (C=O) groups is 1. The van der Waals surface area contributed by atoms with Gasteiger partial charge in [-0.25, -0.2) is 0 Å². The summed E-state index contributed by atoms with van der Waals surface area (Å²) in [5, 5.41) is 0. The third-order valence-electron chi connectivity index (χ3n) is 2.14. The fourth-order valence-corrected chi connectivity index (χ4v) is 1.43. The maximum Gasteiger partial charge on any atom is 0.522 e. The van der Waals surface area contributed by atoms with Gasteiger partial charge in [0.25, 0.3) is 0 Å². The molecule has 0 saturated heterocycles. The van der Waals surface area contributed by atoms with Crippen molar-refractivity contribution in [1.82, 2.24) is 0 Å². The fraction of sp³-hybridized carbons (Fsp3) is 0.900. The molecule has 0 aromatic carbocycles. The van der Waals surface area contributed by atoms with Crippen LogP contribution in [0.1, 0.15) is 33.6 Å². The van der Waals surface area contributed by atoms with E-state index in [1.54, 1.807) is 20.8 Å². The Morgan fingerprint density at radius 1 is 1.19 bits per heavy atom. The lowest BCUT2D eigenvalue weighted by Crippen LogP contribution is -2.42. The largest absolute Gasteiger partial charge is 0.522 e. The molecule has 1 rings (SSSR count). The number of hydrogen-bond acceptors (Lipinski definition) is 3. The van der Waals surface area contributed by atoms with Crippen LogP contribution in [0, 0.1) is 5.92 Å². The number of hydrogen-bond donors (Lipinski definition) is 0. The summed E-state index contributed by atoms with van der Waals surface area (Å²) in [5.74, 6) is -0.916. The van der Waals surface area contributed by atoms with E-state index in [0.29, 0.717) is 0 Å². The van der Waals surface area contributed by atoms with Gasteiger partial charge in [0.2, 0.25) is 0 Å². The zero-order valence-corrected chi connectivity index (χ0v) is 9.43. The van der Waals surface area contributed by atoms with Gasteiger partial charge in [0, 0.05) is 0 Å². The van der Waals surface area contributed by atoms with Gasteiger partial charge in [0.05, 0.1) is 12.0 Å². The number of alkyl halides is 3. The van der Waals surface area contributed by atoms with Crippen LogP contribution in [0.15, 0.2) is 0 Å². The van der Waals surface area contributed by atoms with Crippen molar-refractivity contribution in [1.29, 1.82) is 0 Å². The highest BCUT2D eigenvalue weighted by Gasteiger charge is 2.43. The standard InChI is InChI=1S/C10H15F3O3/c1-9(2,3)16-8(14)6-4-7(5-6)15-10(11,12)13/h6-7H,4-5H2,1-3H3/t6-,7+. The van der Waals surface area contributed by atoms with Crippen LogP contribution in [0.4, 0.5) is 13.2 Å². The molecule has 1 fully saturated rings. The molecule has 1 aliphatic rings. The van der Waals surface area contributed by atoms with Gasteiger partial charge in [0.1, 0.15) is 5.60 Å². The van der Waals surface area contributed by atoms with Crippen LogP contribution in [0.3, 0.4) is 0 Å². The first-order chi connectivity index (χ1) is 7.07.